The molecule has 7 heteroatoms. The quantitative estimate of drug-likeness (QED) is 0.308. The number of amides is 2. The van der Waals surface area contributed by atoms with E-state index in [1.54, 1.807) is 25.2 Å². The number of hydrogen-bond acceptors (Lipinski definition) is 5. The van der Waals surface area contributed by atoms with Crippen molar-refractivity contribution >= 4 is 28.3 Å². The first-order valence-electron chi connectivity index (χ1n) is 5.89. The molecule has 0 fully saturated rings. The van der Waals surface area contributed by atoms with Crippen LogP contribution in [0.1, 0.15) is 20.7 Å². The van der Waals surface area contributed by atoms with E-state index in [9.17, 15) is 9.59 Å². The molecule has 7 N–H and O–H groups in total. The minimum atomic E-state index is -0.571. The molecule has 0 aliphatic carbocycles. The lowest BCUT2D eigenvalue weighted by molar-refractivity contribution is 0.0921. The van der Waals surface area contributed by atoms with Gasteiger partial charge < -0.3 is 5.32 Å². The average Bonchev–Trinajstić information content (AvgIpc) is 2.51. The number of nitrogen functional groups attached to an aromatic ring is 2. The SMILES string of the molecule is CNc1cc2ccccc2c(C(=O)NN)c1C(=O)NN. The Bertz CT molecular complexity index is 684. The molecule has 2 rings (SSSR count). The van der Waals surface area contributed by atoms with Crippen LogP contribution in [0.25, 0.3) is 10.8 Å². The van der Waals surface area contributed by atoms with Crippen LogP contribution >= 0.6 is 0 Å². The Kier molecular flexibility index (Phi) is 3.83. The number of hydrazine groups is 2. The minimum Gasteiger partial charge on any atom is -0.387 e. The molecule has 0 aliphatic heterocycles. The summed E-state index contributed by atoms with van der Waals surface area (Å²) in [7, 11) is 1.65. The molecule has 0 unspecified atom stereocenters. The van der Waals surface area contributed by atoms with Crippen molar-refractivity contribution in [3.63, 3.8) is 0 Å². The van der Waals surface area contributed by atoms with E-state index in [0.29, 0.717) is 11.1 Å². The van der Waals surface area contributed by atoms with Gasteiger partial charge in [0.15, 0.2) is 0 Å². The highest BCUT2D eigenvalue weighted by atomic mass is 16.2. The molecule has 20 heavy (non-hydrogen) atoms. The molecule has 0 bridgehead atoms. The van der Waals surface area contributed by atoms with Gasteiger partial charge in [0.05, 0.1) is 11.1 Å². The van der Waals surface area contributed by atoms with Crippen LogP contribution < -0.4 is 27.9 Å². The van der Waals surface area contributed by atoms with E-state index in [2.05, 4.69) is 10.7 Å². The van der Waals surface area contributed by atoms with Crippen molar-refractivity contribution < 1.29 is 9.59 Å². The molecule has 0 saturated heterocycles. The zero-order valence-electron chi connectivity index (χ0n) is 10.9. The fourth-order valence-electron chi connectivity index (χ4n) is 2.16. The van der Waals surface area contributed by atoms with Crippen LogP contribution in [0.2, 0.25) is 0 Å². The summed E-state index contributed by atoms with van der Waals surface area (Å²) in [5.41, 5.74) is 4.92. The second-order valence-corrected chi connectivity index (χ2v) is 4.09. The van der Waals surface area contributed by atoms with E-state index in [1.165, 1.54) is 0 Å². The molecule has 0 spiro atoms. The lowest BCUT2D eigenvalue weighted by Gasteiger charge is -2.15. The second kappa shape index (κ2) is 5.55. The minimum absolute atomic E-state index is 0.150. The Labute approximate surface area is 115 Å². The first-order chi connectivity index (χ1) is 9.63. The summed E-state index contributed by atoms with van der Waals surface area (Å²) in [4.78, 5) is 24.0. The van der Waals surface area contributed by atoms with Crippen molar-refractivity contribution in [1.29, 1.82) is 0 Å². The molecule has 0 saturated carbocycles. The molecular weight excluding hydrogens is 258 g/mol. The molecule has 7 nitrogen and oxygen atoms in total. The Morgan fingerprint density at radius 1 is 1.00 bits per heavy atom. The van der Waals surface area contributed by atoms with E-state index >= 15 is 0 Å². The van der Waals surface area contributed by atoms with Crippen LogP contribution in [0.3, 0.4) is 0 Å². The zero-order chi connectivity index (χ0) is 14.7. The van der Waals surface area contributed by atoms with E-state index in [-0.39, 0.29) is 11.1 Å². The number of hydrogen-bond donors (Lipinski definition) is 5. The van der Waals surface area contributed by atoms with Gasteiger partial charge in [-0.05, 0) is 16.8 Å². The number of nitrogens with two attached hydrogens (primary N) is 2. The van der Waals surface area contributed by atoms with Gasteiger partial charge in [-0.15, -0.1) is 0 Å². The van der Waals surface area contributed by atoms with Crippen LogP contribution in [-0.2, 0) is 0 Å². The Hall–Kier alpha value is -2.64. The number of rotatable bonds is 3. The Morgan fingerprint density at radius 2 is 1.60 bits per heavy atom. The number of benzene rings is 2. The van der Waals surface area contributed by atoms with E-state index in [1.807, 2.05) is 17.6 Å². The Morgan fingerprint density at radius 3 is 2.20 bits per heavy atom. The number of carbonyl (C=O) groups excluding carboxylic acids is 2. The highest BCUT2D eigenvalue weighted by Gasteiger charge is 2.23. The van der Waals surface area contributed by atoms with E-state index < -0.39 is 11.8 Å². The van der Waals surface area contributed by atoms with Crippen molar-refractivity contribution in [3.05, 3.63) is 41.5 Å². The van der Waals surface area contributed by atoms with E-state index in [0.717, 1.165) is 5.39 Å². The van der Waals surface area contributed by atoms with Crippen LogP contribution in [0.15, 0.2) is 30.3 Å². The number of nitrogens with one attached hydrogen (secondary N) is 3. The van der Waals surface area contributed by atoms with Crippen molar-refractivity contribution in [2.75, 3.05) is 12.4 Å². The van der Waals surface area contributed by atoms with Crippen LogP contribution in [0.5, 0.6) is 0 Å². The van der Waals surface area contributed by atoms with Crippen molar-refractivity contribution in [2.24, 2.45) is 11.7 Å². The summed E-state index contributed by atoms with van der Waals surface area (Å²) in [6, 6.07) is 8.97. The summed E-state index contributed by atoms with van der Waals surface area (Å²) in [5.74, 6) is 9.28. The summed E-state index contributed by atoms with van der Waals surface area (Å²) in [6.45, 7) is 0. The number of anilines is 1. The molecule has 0 radical (unpaired) electrons. The third-order valence-corrected chi connectivity index (χ3v) is 3.03. The monoisotopic (exact) mass is 273 g/mol. The zero-order valence-corrected chi connectivity index (χ0v) is 10.9. The fourth-order valence-corrected chi connectivity index (χ4v) is 2.16. The molecule has 0 atom stereocenters. The van der Waals surface area contributed by atoms with Gasteiger partial charge in [0.25, 0.3) is 11.8 Å². The van der Waals surface area contributed by atoms with Crippen molar-refractivity contribution in [1.82, 2.24) is 10.9 Å². The fraction of sp³-hybridized carbons (Fsp3) is 0.0769. The first-order valence-corrected chi connectivity index (χ1v) is 5.89. The molecule has 0 aliphatic rings. The number of carbonyl (C=O) groups is 2. The maximum Gasteiger partial charge on any atom is 0.268 e. The van der Waals surface area contributed by atoms with Gasteiger partial charge in [-0.25, -0.2) is 11.7 Å². The summed E-state index contributed by atoms with van der Waals surface area (Å²) in [5, 5.41) is 4.31. The predicted molar refractivity (Wildman–Crippen MR) is 76.8 cm³/mol. The first kappa shape index (κ1) is 13.8. The molecular formula is C13H15N5O2. The Balaban J connectivity index is 2.91. The summed E-state index contributed by atoms with van der Waals surface area (Å²) in [6.07, 6.45) is 0. The van der Waals surface area contributed by atoms with Gasteiger partial charge in [0.1, 0.15) is 0 Å². The third-order valence-electron chi connectivity index (χ3n) is 3.03. The van der Waals surface area contributed by atoms with Crippen molar-refractivity contribution in [2.45, 2.75) is 0 Å². The lowest BCUT2D eigenvalue weighted by Crippen LogP contribution is -2.36. The standard InChI is InChI=1S/C13H15N5O2/c1-16-9-6-7-4-2-3-5-8(7)10(12(19)17-14)11(9)13(20)18-15/h2-6,16H,14-15H2,1H3,(H,17,19)(H,18,20). The molecule has 2 aromatic rings. The maximum absolute atomic E-state index is 12.1. The molecule has 104 valence electrons. The molecule has 2 aromatic carbocycles. The van der Waals surface area contributed by atoms with Crippen LogP contribution in [0, 0.1) is 0 Å². The van der Waals surface area contributed by atoms with Gasteiger partial charge in [-0.1, -0.05) is 24.3 Å². The normalized spacial score (nSPS) is 10.2. The largest absolute Gasteiger partial charge is 0.387 e. The predicted octanol–water partition coefficient (Wildman–Crippen LogP) is 0.0885. The topological polar surface area (TPSA) is 122 Å². The van der Waals surface area contributed by atoms with E-state index in [4.69, 9.17) is 11.7 Å². The summed E-state index contributed by atoms with van der Waals surface area (Å²) < 4.78 is 0. The average molecular weight is 273 g/mol. The van der Waals surface area contributed by atoms with Gasteiger partial charge in [0, 0.05) is 12.7 Å². The molecule has 0 heterocycles. The van der Waals surface area contributed by atoms with Crippen molar-refractivity contribution in [3.8, 4) is 0 Å². The maximum atomic E-state index is 12.1. The second-order valence-electron chi connectivity index (χ2n) is 4.09. The summed E-state index contributed by atoms with van der Waals surface area (Å²) >= 11 is 0. The smallest absolute Gasteiger partial charge is 0.268 e. The molecule has 2 amide bonds. The third kappa shape index (κ3) is 2.15. The molecule has 0 aromatic heterocycles. The highest BCUT2D eigenvalue weighted by Crippen LogP contribution is 2.29. The lowest BCUT2D eigenvalue weighted by atomic mass is 9.96. The van der Waals surface area contributed by atoms with Crippen LogP contribution in [0.4, 0.5) is 5.69 Å². The number of fused-ring (bicyclic) bond motifs is 1. The van der Waals surface area contributed by atoms with Crippen LogP contribution in [-0.4, -0.2) is 18.9 Å². The van der Waals surface area contributed by atoms with Gasteiger partial charge in [-0.3, -0.25) is 20.4 Å². The van der Waals surface area contributed by atoms with Gasteiger partial charge >= 0.3 is 0 Å². The van der Waals surface area contributed by atoms with Gasteiger partial charge in [0.2, 0.25) is 0 Å². The highest BCUT2D eigenvalue weighted by molar-refractivity contribution is 6.18. The van der Waals surface area contributed by atoms with Gasteiger partial charge in [-0.2, -0.15) is 0 Å².